The van der Waals surface area contributed by atoms with Gasteiger partial charge in [0, 0.05) is 10.0 Å². The first-order chi connectivity index (χ1) is 13.2. The minimum absolute atomic E-state index is 0.153. The summed E-state index contributed by atoms with van der Waals surface area (Å²) in [5.41, 5.74) is 5.37. The molecule has 6 nitrogen and oxygen atoms in total. The van der Waals surface area contributed by atoms with Crippen LogP contribution in [0.4, 0.5) is 0 Å². The second-order valence-corrected chi connectivity index (χ2v) is 8.32. The third-order valence-electron chi connectivity index (χ3n) is 3.65. The summed E-state index contributed by atoms with van der Waals surface area (Å²) >= 11 is 9.39. The maximum absolute atomic E-state index is 12.0. The van der Waals surface area contributed by atoms with E-state index in [0.29, 0.717) is 16.5 Å². The molecule has 0 aliphatic carbocycles. The number of rotatable bonds is 6. The number of hydrazine groups is 1. The summed E-state index contributed by atoms with van der Waals surface area (Å²) in [6.07, 6.45) is 0. The van der Waals surface area contributed by atoms with E-state index in [-0.39, 0.29) is 18.6 Å². The lowest BCUT2D eigenvalue weighted by atomic mass is 9.86. The minimum atomic E-state index is -0.521. The van der Waals surface area contributed by atoms with Crippen LogP contribution in [0.2, 0.25) is 5.02 Å². The van der Waals surface area contributed by atoms with Crippen LogP contribution >= 0.6 is 27.5 Å². The Hall–Kier alpha value is -2.25. The number of hydrogen-bond donors (Lipinski definition) is 2. The van der Waals surface area contributed by atoms with Gasteiger partial charge in [-0.15, -0.1) is 0 Å². The number of para-hydroxylation sites is 1. The number of ether oxygens (including phenoxy) is 2. The number of hydrogen-bond acceptors (Lipinski definition) is 4. The summed E-state index contributed by atoms with van der Waals surface area (Å²) in [6.45, 7) is 5.64. The molecule has 28 heavy (non-hydrogen) atoms. The molecule has 0 fully saturated rings. The molecule has 0 saturated carbocycles. The molecule has 150 valence electrons. The zero-order valence-corrected chi connectivity index (χ0v) is 18.2. The molecule has 0 unspecified atom stereocenters. The quantitative estimate of drug-likeness (QED) is 0.627. The van der Waals surface area contributed by atoms with Crippen molar-refractivity contribution >= 4 is 39.3 Å². The predicted molar refractivity (Wildman–Crippen MR) is 112 cm³/mol. The van der Waals surface area contributed by atoms with Crippen LogP contribution in [0.3, 0.4) is 0 Å². The first-order valence-corrected chi connectivity index (χ1v) is 9.72. The Balaban J connectivity index is 1.80. The van der Waals surface area contributed by atoms with Crippen molar-refractivity contribution in [1.29, 1.82) is 0 Å². The van der Waals surface area contributed by atoms with Gasteiger partial charge in [-0.25, -0.2) is 0 Å². The normalized spacial score (nSPS) is 10.9. The van der Waals surface area contributed by atoms with Gasteiger partial charge in [0.1, 0.15) is 11.5 Å². The molecule has 2 aromatic rings. The Kier molecular flexibility index (Phi) is 7.71. The van der Waals surface area contributed by atoms with Gasteiger partial charge < -0.3 is 9.47 Å². The Morgan fingerprint density at radius 3 is 2.11 bits per heavy atom. The van der Waals surface area contributed by atoms with Crippen LogP contribution < -0.4 is 20.3 Å². The SMILES string of the molecule is CC(C)(C)c1cc(Br)ccc1OCC(=O)NNC(=O)COc1ccccc1Cl. The summed E-state index contributed by atoms with van der Waals surface area (Å²) in [5.74, 6) is -0.0145. The van der Waals surface area contributed by atoms with Crippen molar-refractivity contribution in [2.24, 2.45) is 0 Å². The van der Waals surface area contributed by atoms with Crippen LogP contribution in [0.1, 0.15) is 26.3 Å². The molecule has 0 heterocycles. The molecule has 2 rings (SSSR count). The van der Waals surface area contributed by atoms with Crippen LogP contribution in [0, 0.1) is 0 Å². The van der Waals surface area contributed by atoms with Gasteiger partial charge in [0.05, 0.1) is 5.02 Å². The maximum Gasteiger partial charge on any atom is 0.276 e. The number of nitrogens with one attached hydrogen (secondary N) is 2. The first-order valence-electron chi connectivity index (χ1n) is 8.54. The first kappa shape index (κ1) is 22.0. The molecular formula is C20H22BrClN2O4. The van der Waals surface area contributed by atoms with Crippen LogP contribution in [-0.4, -0.2) is 25.0 Å². The second-order valence-electron chi connectivity index (χ2n) is 6.99. The van der Waals surface area contributed by atoms with Crippen molar-refractivity contribution in [3.05, 3.63) is 57.5 Å². The number of amides is 2. The van der Waals surface area contributed by atoms with E-state index in [1.807, 2.05) is 12.1 Å². The Labute approximate surface area is 177 Å². The Bertz CT molecular complexity index is 852. The number of halogens is 2. The molecule has 2 N–H and O–H groups in total. The summed E-state index contributed by atoms with van der Waals surface area (Å²) < 4.78 is 11.8. The number of carbonyl (C=O) groups excluding carboxylic acids is 2. The lowest BCUT2D eigenvalue weighted by molar-refractivity contribution is -0.131. The van der Waals surface area contributed by atoms with E-state index in [1.165, 1.54) is 0 Å². The van der Waals surface area contributed by atoms with E-state index in [0.717, 1.165) is 10.0 Å². The minimum Gasteiger partial charge on any atom is -0.483 e. The van der Waals surface area contributed by atoms with Gasteiger partial charge in [-0.05, 0) is 35.7 Å². The van der Waals surface area contributed by atoms with Crippen molar-refractivity contribution < 1.29 is 19.1 Å². The fourth-order valence-corrected chi connectivity index (χ4v) is 2.83. The average Bonchev–Trinajstić information content (AvgIpc) is 2.64. The molecule has 0 bridgehead atoms. The summed E-state index contributed by atoms with van der Waals surface area (Å²) in [4.78, 5) is 23.7. The van der Waals surface area contributed by atoms with Gasteiger partial charge in [-0.2, -0.15) is 0 Å². The van der Waals surface area contributed by atoms with Crippen molar-refractivity contribution in [3.63, 3.8) is 0 Å². The van der Waals surface area contributed by atoms with Crippen LogP contribution in [0.25, 0.3) is 0 Å². The van der Waals surface area contributed by atoms with Crippen LogP contribution in [-0.2, 0) is 15.0 Å². The average molecular weight is 470 g/mol. The van der Waals surface area contributed by atoms with E-state index < -0.39 is 11.8 Å². The molecule has 2 amide bonds. The van der Waals surface area contributed by atoms with E-state index >= 15 is 0 Å². The molecule has 0 saturated heterocycles. The van der Waals surface area contributed by atoms with E-state index in [2.05, 4.69) is 47.6 Å². The van der Waals surface area contributed by atoms with Gasteiger partial charge in [0.15, 0.2) is 13.2 Å². The van der Waals surface area contributed by atoms with Crippen LogP contribution in [0.15, 0.2) is 46.9 Å². The molecule has 0 spiro atoms. The third kappa shape index (κ3) is 6.73. The number of benzene rings is 2. The predicted octanol–water partition coefficient (Wildman–Crippen LogP) is 4.01. The fourth-order valence-electron chi connectivity index (χ4n) is 2.27. The molecule has 0 radical (unpaired) electrons. The number of carbonyl (C=O) groups is 2. The lowest BCUT2D eigenvalue weighted by Gasteiger charge is -2.23. The highest BCUT2D eigenvalue weighted by Crippen LogP contribution is 2.33. The van der Waals surface area contributed by atoms with Crippen LogP contribution in [0.5, 0.6) is 11.5 Å². The zero-order valence-electron chi connectivity index (χ0n) is 15.8. The maximum atomic E-state index is 12.0. The van der Waals surface area contributed by atoms with Gasteiger partial charge in [0.25, 0.3) is 11.8 Å². The largest absolute Gasteiger partial charge is 0.483 e. The highest BCUT2D eigenvalue weighted by atomic mass is 79.9. The molecule has 0 atom stereocenters. The second kappa shape index (κ2) is 9.80. The van der Waals surface area contributed by atoms with Gasteiger partial charge in [0.2, 0.25) is 0 Å². The molecule has 8 heteroatoms. The smallest absolute Gasteiger partial charge is 0.276 e. The van der Waals surface area contributed by atoms with Crippen molar-refractivity contribution in [2.75, 3.05) is 13.2 Å². The molecule has 0 aromatic heterocycles. The summed E-state index contributed by atoms with van der Waals surface area (Å²) in [6, 6.07) is 12.4. The fraction of sp³-hybridized carbons (Fsp3) is 0.300. The molecular weight excluding hydrogens is 448 g/mol. The molecule has 0 aliphatic rings. The molecule has 0 aliphatic heterocycles. The van der Waals surface area contributed by atoms with Gasteiger partial charge in [-0.3, -0.25) is 20.4 Å². The van der Waals surface area contributed by atoms with Gasteiger partial charge in [-0.1, -0.05) is 60.4 Å². The Morgan fingerprint density at radius 1 is 0.964 bits per heavy atom. The van der Waals surface area contributed by atoms with E-state index in [4.69, 9.17) is 21.1 Å². The standard InChI is InChI=1S/C20H22BrClN2O4/c1-20(2,3)14-10-13(21)8-9-16(14)27-11-18(25)23-24-19(26)12-28-17-7-5-4-6-15(17)22/h4-10H,11-12H2,1-3H3,(H,23,25)(H,24,26). The Morgan fingerprint density at radius 2 is 1.54 bits per heavy atom. The van der Waals surface area contributed by atoms with E-state index in [1.54, 1.807) is 30.3 Å². The third-order valence-corrected chi connectivity index (χ3v) is 4.45. The van der Waals surface area contributed by atoms with E-state index in [9.17, 15) is 9.59 Å². The van der Waals surface area contributed by atoms with Crippen molar-refractivity contribution in [2.45, 2.75) is 26.2 Å². The van der Waals surface area contributed by atoms with Gasteiger partial charge >= 0.3 is 0 Å². The highest BCUT2D eigenvalue weighted by molar-refractivity contribution is 9.10. The summed E-state index contributed by atoms with van der Waals surface area (Å²) in [7, 11) is 0. The van der Waals surface area contributed by atoms with Crippen molar-refractivity contribution in [3.8, 4) is 11.5 Å². The lowest BCUT2D eigenvalue weighted by Crippen LogP contribution is -2.45. The monoisotopic (exact) mass is 468 g/mol. The summed E-state index contributed by atoms with van der Waals surface area (Å²) in [5, 5.41) is 0.400. The van der Waals surface area contributed by atoms with Crippen molar-refractivity contribution in [1.82, 2.24) is 10.9 Å². The zero-order chi connectivity index (χ0) is 20.7. The highest BCUT2D eigenvalue weighted by Gasteiger charge is 2.20. The molecule has 2 aromatic carbocycles. The topological polar surface area (TPSA) is 76.7 Å².